The Kier molecular flexibility index (Phi) is 76.9. The number of rotatable bonds is 6. The van der Waals surface area contributed by atoms with E-state index in [0.29, 0.717) is 12.4 Å². The van der Waals surface area contributed by atoms with Gasteiger partial charge in [0, 0.05) is 29.2 Å². The molecule has 0 aliphatic rings. The molecule has 0 saturated heterocycles. The van der Waals surface area contributed by atoms with E-state index in [-0.39, 0.29) is 37.6 Å². The zero-order chi connectivity index (χ0) is 23.5. The topological polar surface area (TPSA) is 106 Å². The first-order chi connectivity index (χ1) is 12.3. The van der Waals surface area contributed by atoms with Crippen LogP contribution in [0.3, 0.4) is 0 Å². The molecule has 1 N–H and O–H groups in total. The monoisotopic (exact) mass is 494 g/mol. The molecule has 0 aliphatic carbocycles. The van der Waals surface area contributed by atoms with Crippen molar-refractivity contribution in [2.75, 3.05) is 6.61 Å². The summed E-state index contributed by atoms with van der Waals surface area (Å²) < 4.78 is 33.6. The fourth-order valence-corrected chi connectivity index (χ4v) is 3.48. The summed E-state index contributed by atoms with van der Waals surface area (Å²) in [6.07, 6.45) is 1.78. The van der Waals surface area contributed by atoms with Crippen LogP contribution in [0.5, 0.6) is 0 Å². The van der Waals surface area contributed by atoms with Crippen molar-refractivity contribution in [1.82, 2.24) is 0 Å². The van der Waals surface area contributed by atoms with Gasteiger partial charge in [-0.1, -0.05) is 79.1 Å². The second-order valence-electron chi connectivity index (χ2n) is 7.32. The Labute approximate surface area is 210 Å². The summed E-state index contributed by atoms with van der Waals surface area (Å²) in [5, 5.41) is 8.45. The fourth-order valence-electron chi connectivity index (χ4n) is 1.16. The van der Waals surface area contributed by atoms with Crippen molar-refractivity contribution < 1.29 is 48.0 Å². The van der Waals surface area contributed by atoms with E-state index < -0.39 is 34.7 Å². The van der Waals surface area contributed by atoms with Gasteiger partial charge in [0.1, 0.15) is 5.78 Å². The first-order valence-electron chi connectivity index (χ1n) is 9.40. The van der Waals surface area contributed by atoms with Gasteiger partial charge in [-0.25, -0.2) is 0 Å². The van der Waals surface area contributed by atoms with Gasteiger partial charge in [0.05, 0.1) is 0 Å². The molecule has 12 heteroatoms. The smallest absolute Gasteiger partial charge is 1.00 e. The van der Waals surface area contributed by atoms with Crippen LogP contribution < -0.4 is 18.9 Å². The van der Waals surface area contributed by atoms with E-state index in [1.54, 1.807) is 6.92 Å². The number of hydrogen-bond donors (Lipinski definition) is 1. The molecule has 29 heavy (non-hydrogen) atoms. The van der Waals surface area contributed by atoms with Gasteiger partial charge in [-0.3, -0.25) is 17.8 Å². The maximum Gasteiger partial charge on any atom is 1.00 e. The zero-order valence-electron chi connectivity index (χ0n) is 21.5. The van der Waals surface area contributed by atoms with Gasteiger partial charge >= 0.3 is 37.4 Å². The molecule has 0 fully saturated rings. The molecule has 0 saturated carbocycles. The van der Waals surface area contributed by atoms with Crippen LogP contribution >= 0.6 is 0 Å². The molecule has 0 aromatic heterocycles. The predicted molar refractivity (Wildman–Crippen MR) is 131 cm³/mol. The number of carbonyl (C=O) groups excluding carboxylic acids is 1. The molecule has 0 unspecified atom stereocenters. The van der Waals surface area contributed by atoms with Crippen molar-refractivity contribution in [1.29, 1.82) is 0 Å². The summed E-state index contributed by atoms with van der Waals surface area (Å²) in [5.41, 5.74) is 0. The Morgan fingerprint density at radius 3 is 1.10 bits per heavy atom. The molecule has 0 aromatic carbocycles. The third kappa shape index (κ3) is 148. The van der Waals surface area contributed by atoms with Gasteiger partial charge in [-0.05, 0) is 13.3 Å². The molecule has 0 rings (SSSR count). The summed E-state index contributed by atoms with van der Waals surface area (Å²) in [6.45, 7) is 23.9. The van der Waals surface area contributed by atoms with E-state index in [4.69, 9.17) is 23.0 Å². The quantitative estimate of drug-likeness (QED) is 0.547. The zero-order valence-corrected chi connectivity index (χ0v) is 24.5. The first-order valence-corrected chi connectivity index (χ1v) is 18.4. The number of hydrogen-bond acceptors (Lipinski definition) is 6. The van der Waals surface area contributed by atoms with E-state index in [9.17, 15) is 4.79 Å². The Morgan fingerprint density at radius 1 is 0.793 bits per heavy atom. The van der Waals surface area contributed by atoms with Gasteiger partial charge in [0.2, 0.25) is 0 Å². The van der Waals surface area contributed by atoms with E-state index in [1.807, 2.05) is 27.7 Å². The molecule has 0 amide bonds. The van der Waals surface area contributed by atoms with Crippen molar-refractivity contribution >= 4 is 57.9 Å². The maximum absolute atomic E-state index is 10.5. The fraction of sp³-hybridized carbons (Fsp3) is 0.941. The largest absolute Gasteiger partial charge is 1.00 e. The summed E-state index contributed by atoms with van der Waals surface area (Å²) in [7, 11) is -4.61. The maximum atomic E-state index is 10.5. The van der Waals surface area contributed by atoms with Gasteiger partial charge < -0.3 is 11.3 Å². The van der Waals surface area contributed by atoms with E-state index in [2.05, 4.69) is 39.3 Å². The Morgan fingerprint density at radius 2 is 1.03 bits per heavy atom. The minimum absolute atomic E-state index is 0. The summed E-state index contributed by atoms with van der Waals surface area (Å²) in [4.78, 5) is 10.5. The molecule has 6 nitrogen and oxygen atoms in total. The van der Waals surface area contributed by atoms with Crippen LogP contribution in [-0.4, -0.2) is 69.6 Å². The van der Waals surface area contributed by atoms with Crippen LogP contribution in [0.4, 0.5) is 0 Å². The van der Waals surface area contributed by atoms with E-state index in [0.717, 1.165) is 18.9 Å². The molecule has 0 radical (unpaired) electrons. The Bertz CT molecular complexity index is 358. The third-order valence-corrected chi connectivity index (χ3v) is 5.92. The third-order valence-electron chi connectivity index (χ3n) is 2.31. The van der Waals surface area contributed by atoms with Gasteiger partial charge in [0.25, 0.3) is 0 Å². The SMILES string of the molecule is CC.CC.CC(=O)CC[Si](C)(C)C.C[Si](C)(C)CCCO.O=[Si]=O.O=[Si]=O.[AlH3].[H-].[Li+]. The Balaban J connectivity index is -0.0000000276. The summed E-state index contributed by atoms with van der Waals surface area (Å²) in [5.74, 6) is 0.331. The number of ketones is 1. The summed E-state index contributed by atoms with van der Waals surface area (Å²) >= 11 is 0. The number of aliphatic hydroxyl groups is 1. The average Bonchev–Trinajstić information content (AvgIpc) is 2.56. The molecule has 0 spiro atoms. The molecule has 0 atom stereocenters. The first kappa shape index (κ1) is 52.0. The van der Waals surface area contributed by atoms with Crippen LogP contribution in [0.1, 0.15) is 48.9 Å². The van der Waals surface area contributed by atoms with Crippen molar-refractivity contribution in [2.45, 2.75) is 98.8 Å². The van der Waals surface area contributed by atoms with Crippen LogP contribution in [0.2, 0.25) is 51.4 Å². The van der Waals surface area contributed by atoms with Crippen LogP contribution in [-0.2, 0) is 22.6 Å². The molecular weight excluding hydrogens is 446 g/mol. The molecule has 0 bridgehead atoms. The van der Waals surface area contributed by atoms with Crippen LogP contribution in [0, 0.1) is 0 Å². The van der Waals surface area contributed by atoms with Gasteiger partial charge in [-0.15, -0.1) is 0 Å². The van der Waals surface area contributed by atoms with Crippen LogP contribution in [0.25, 0.3) is 0 Å². The number of Topliss-reactive ketones (excluding diaryl/α,β-unsaturated/α-hetero) is 1. The predicted octanol–water partition coefficient (Wildman–Crippen LogP) is 0.759. The minimum Gasteiger partial charge on any atom is -1.00 e. The van der Waals surface area contributed by atoms with Crippen molar-refractivity contribution in [3.05, 3.63) is 0 Å². The van der Waals surface area contributed by atoms with Crippen molar-refractivity contribution in [2.24, 2.45) is 0 Å². The Hall–Kier alpha value is 0.827. The average molecular weight is 495 g/mol. The molecule has 0 aromatic rings. The summed E-state index contributed by atoms with van der Waals surface area (Å²) in [6, 6.07) is 2.39. The molecular formula is C17H48AlLiO6Si4. The minimum atomic E-state index is -1.42. The normalized spacial score (nSPS) is 7.86. The number of aliphatic hydroxyl groups excluding tert-OH is 1. The number of carbonyl (C=O) groups is 1. The molecule has 172 valence electrons. The van der Waals surface area contributed by atoms with E-state index in [1.165, 1.54) is 6.04 Å². The van der Waals surface area contributed by atoms with Crippen LogP contribution in [0.15, 0.2) is 0 Å². The van der Waals surface area contributed by atoms with E-state index >= 15 is 0 Å². The molecule has 0 aliphatic heterocycles. The van der Waals surface area contributed by atoms with Crippen molar-refractivity contribution in [3.8, 4) is 0 Å². The standard InChI is InChI=1S/C7H16OSi.C6H16OSi.2C2H6.Al.Li.2O2Si.4H/c1-7(8)5-6-9(2,3)4;1-8(2,3)6-4-5-7;2*1-2;;;2*1-3-2;;;;/h5-6H2,1-4H3;7H,4-6H2,1-3H3;2*1-2H3;;;;;;;;/q;;;;;+1;;;;;;-1. The van der Waals surface area contributed by atoms with Gasteiger partial charge in [0.15, 0.2) is 17.4 Å². The molecule has 0 heterocycles. The second-order valence-corrected chi connectivity index (χ2v) is 18.9. The second kappa shape index (κ2) is 42.8. The van der Waals surface area contributed by atoms with Crippen molar-refractivity contribution in [3.63, 3.8) is 0 Å². The van der Waals surface area contributed by atoms with Gasteiger partial charge in [-0.2, -0.15) is 0 Å².